The highest BCUT2D eigenvalue weighted by Gasteiger charge is 2.43. The molecule has 1 aromatic rings. The molecule has 1 fully saturated rings. The van der Waals surface area contributed by atoms with E-state index >= 15 is 0 Å². The molecule has 3 nitrogen and oxygen atoms in total. The Morgan fingerprint density at radius 1 is 1.17 bits per heavy atom. The Bertz CT molecular complexity index is 752. The number of ketones is 1. The molecule has 23 heavy (non-hydrogen) atoms. The maximum Gasteiger partial charge on any atom is 0.170 e. The van der Waals surface area contributed by atoms with E-state index in [4.69, 9.17) is 9.47 Å². The van der Waals surface area contributed by atoms with Gasteiger partial charge in [-0.3, -0.25) is 4.79 Å². The maximum absolute atomic E-state index is 14.8. The molecule has 2 bridgehead atoms. The fourth-order valence-corrected chi connectivity index (χ4v) is 3.70. The van der Waals surface area contributed by atoms with Crippen molar-refractivity contribution in [1.82, 2.24) is 0 Å². The van der Waals surface area contributed by atoms with Crippen molar-refractivity contribution in [3.05, 3.63) is 34.8 Å². The summed E-state index contributed by atoms with van der Waals surface area (Å²) in [5, 5.41) is 0. The lowest BCUT2D eigenvalue weighted by molar-refractivity contribution is -0.117. The van der Waals surface area contributed by atoms with Gasteiger partial charge in [0.05, 0.1) is 25.4 Å². The van der Waals surface area contributed by atoms with E-state index in [-0.39, 0.29) is 23.2 Å². The fraction of sp³-hybridized carbons (Fsp3) is 0.421. The molecule has 0 saturated heterocycles. The number of rotatable bonds is 3. The summed E-state index contributed by atoms with van der Waals surface area (Å²) in [5.41, 5.74) is 1.07. The molecular weight excluding hydrogens is 295 g/mol. The van der Waals surface area contributed by atoms with Crippen LogP contribution in [0.15, 0.2) is 17.9 Å². The highest BCUT2D eigenvalue weighted by molar-refractivity contribution is 6.24. The van der Waals surface area contributed by atoms with Gasteiger partial charge in [-0.25, -0.2) is 4.39 Å². The van der Waals surface area contributed by atoms with Crippen molar-refractivity contribution < 1.29 is 18.7 Å². The van der Waals surface area contributed by atoms with E-state index in [0.29, 0.717) is 22.6 Å². The Balaban J connectivity index is 2.23. The largest absolute Gasteiger partial charge is 0.500 e. The first-order valence-corrected chi connectivity index (χ1v) is 7.73. The van der Waals surface area contributed by atoms with Gasteiger partial charge >= 0.3 is 0 Å². The highest BCUT2D eigenvalue weighted by Crippen LogP contribution is 2.48. The van der Waals surface area contributed by atoms with Crippen LogP contribution >= 0.6 is 0 Å². The summed E-state index contributed by atoms with van der Waals surface area (Å²) in [4.78, 5) is 12.8. The molecule has 0 radical (unpaired) electrons. The minimum atomic E-state index is -0.499. The lowest BCUT2D eigenvalue weighted by Gasteiger charge is -2.25. The van der Waals surface area contributed by atoms with Crippen LogP contribution in [-0.4, -0.2) is 20.0 Å². The normalized spacial score (nSPS) is 22.7. The summed E-state index contributed by atoms with van der Waals surface area (Å²) in [6, 6.07) is 3.01. The number of hydrogen-bond donors (Lipinski definition) is 0. The molecule has 2 unspecified atom stereocenters. The molecule has 0 aliphatic heterocycles. The predicted octanol–water partition coefficient (Wildman–Crippen LogP) is 3.56. The Morgan fingerprint density at radius 3 is 2.57 bits per heavy atom. The number of allylic oxidation sites excluding steroid dienone is 2. The summed E-state index contributed by atoms with van der Waals surface area (Å²) < 4.78 is 25.6. The molecule has 0 N–H and O–H groups in total. The topological polar surface area (TPSA) is 35.5 Å². The number of Topliss-reactive ketones (excluding diaryl/α,β-unsaturated/α-hetero) is 1. The van der Waals surface area contributed by atoms with Crippen LogP contribution in [0.3, 0.4) is 0 Å². The number of halogens is 1. The second-order valence-electron chi connectivity index (χ2n) is 5.92. The molecule has 4 heteroatoms. The van der Waals surface area contributed by atoms with Crippen LogP contribution in [-0.2, 0) is 9.53 Å². The molecule has 0 amide bonds. The average Bonchev–Trinajstić information content (AvgIpc) is 2.97. The Labute approximate surface area is 135 Å². The Morgan fingerprint density at radius 2 is 1.91 bits per heavy atom. The quantitative estimate of drug-likeness (QED) is 0.800. The molecule has 2 aliphatic carbocycles. The third-order valence-corrected chi connectivity index (χ3v) is 4.68. The zero-order valence-corrected chi connectivity index (χ0v) is 13.5. The molecule has 2 atom stereocenters. The zero-order valence-electron chi connectivity index (χ0n) is 13.5. The molecule has 2 aliphatic rings. The van der Waals surface area contributed by atoms with Crippen LogP contribution < -0.4 is 4.74 Å². The van der Waals surface area contributed by atoms with Crippen molar-refractivity contribution in [1.29, 1.82) is 0 Å². The van der Waals surface area contributed by atoms with Crippen LogP contribution in [0.5, 0.6) is 5.75 Å². The molecule has 120 valence electrons. The van der Waals surface area contributed by atoms with Crippen molar-refractivity contribution in [3.63, 3.8) is 0 Å². The minimum absolute atomic E-state index is 0.0342. The van der Waals surface area contributed by atoms with Crippen molar-refractivity contribution >= 4 is 11.4 Å². The van der Waals surface area contributed by atoms with Gasteiger partial charge in [0.25, 0.3) is 0 Å². The number of hydrogen-bond acceptors (Lipinski definition) is 3. The number of carbonyl (C=O) groups is 1. The van der Waals surface area contributed by atoms with Gasteiger partial charge in [-0.15, -0.1) is 5.92 Å². The van der Waals surface area contributed by atoms with E-state index in [0.717, 1.165) is 19.3 Å². The van der Waals surface area contributed by atoms with E-state index in [1.807, 2.05) is 0 Å². The first kappa shape index (κ1) is 15.6. The smallest absolute Gasteiger partial charge is 0.170 e. The van der Waals surface area contributed by atoms with E-state index in [9.17, 15) is 9.18 Å². The van der Waals surface area contributed by atoms with Crippen molar-refractivity contribution in [2.75, 3.05) is 14.2 Å². The van der Waals surface area contributed by atoms with Crippen LogP contribution in [0.1, 0.15) is 37.3 Å². The zero-order chi connectivity index (χ0) is 16.6. The molecule has 1 saturated carbocycles. The van der Waals surface area contributed by atoms with Gasteiger partial charge in [0.1, 0.15) is 17.3 Å². The summed E-state index contributed by atoms with van der Waals surface area (Å²) in [5.74, 6) is 6.09. The van der Waals surface area contributed by atoms with Gasteiger partial charge in [-0.2, -0.15) is 0 Å². The maximum atomic E-state index is 14.8. The number of fused-ring (bicyclic) bond motifs is 2. The van der Waals surface area contributed by atoms with Crippen molar-refractivity contribution in [2.24, 2.45) is 11.8 Å². The Hall–Kier alpha value is -2.28. The fourth-order valence-electron chi connectivity index (χ4n) is 3.70. The van der Waals surface area contributed by atoms with Gasteiger partial charge in [-0.1, -0.05) is 5.92 Å². The summed E-state index contributed by atoms with van der Waals surface area (Å²) in [6.07, 6.45) is 2.55. The Kier molecular flexibility index (Phi) is 4.12. The molecule has 0 aromatic heterocycles. The van der Waals surface area contributed by atoms with Gasteiger partial charge in [0, 0.05) is 17.4 Å². The summed E-state index contributed by atoms with van der Waals surface area (Å²) in [7, 11) is 3.01. The van der Waals surface area contributed by atoms with E-state index in [1.54, 1.807) is 20.1 Å². The third-order valence-electron chi connectivity index (χ3n) is 4.68. The van der Waals surface area contributed by atoms with Crippen LogP contribution in [0.25, 0.3) is 5.57 Å². The van der Waals surface area contributed by atoms with Crippen molar-refractivity contribution in [3.8, 4) is 17.6 Å². The van der Waals surface area contributed by atoms with E-state index < -0.39 is 5.82 Å². The summed E-state index contributed by atoms with van der Waals surface area (Å²) >= 11 is 0. The monoisotopic (exact) mass is 314 g/mol. The first-order chi connectivity index (χ1) is 11.1. The minimum Gasteiger partial charge on any atom is -0.500 e. The average molecular weight is 314 g/mol. The molecule has 0 spiro atoms. The van der Waals surface area contributed by atoms with Gasteiger partial charge in [-0.05, 0) is 38.3 Å². The molecular formula is C19H19FO3. The van der Waals surface area contributed by atoms with E-state index in [1.165, 1.54) is 13.2 Å². The first-order valence-electron chi connectivity index (χ1n) is 7.73. The molecule has 1 aromatic carbocycles. The summed E-state index contributed by atoms with van der Waals surface area (Å²) in [6.45, 7) is 1.69. The number of benzene rings is 1. The lowest BCUT2D eigenvalue weighted by atomic mass is 9.82. The third kappa shape index (κ3) is 2.50. The van der Waals surface area contributed by atoms with Crippen LogP contribution in [0.4, 0.5) is 4.39 Å². The standard InChI is InChI=1S/C19H19FO3/c1-4-5-11-8-14(20)16(15(9-11)22-2)17-18(21)12-6-7-13(10-12)19(17)23-3/h8-9,12-13H,6-7,10H2,1-3H3. The number of carbonyl (C=O) groups excluding carboxylic acids is 1. The van der Waals surface area contributed by atoms with E-state index in [2.05, 4.69) is 11.8 Å². The van der Waals surface area contributed by atoms with Crippen LogP contribution in [0.2, 0.25) is 0 Å². The second-order valence-corrected chi connectivity index (χ2v) is 5.92. The second kappa shape index (κ2) is 6.08. The van der Waals surface area contributed by atoms with Gasteiger partial charge in [0.15, 0.2) is 5.78 Å². The highest BCUT2D eigenvalue weighted by atomic mass is 19.1. The van der Waals surface area contributed by atoms with Gasteiger partial charge < -0.3 is 9.47 Å². The van der Waals surface area contributed by atoms with Crippen molar-refractivity contribution in [2.45, 2.75) is 26.2 Å². The SMILES string of the molecule is CC#Cc1cc(F)c(C2=C(OC)C3CCC(C3)C2=O)c(OC)c1. The van der Waals surface area contributed by atoms with Gasteiger partial charge in [0.2, 0.25) is 0 Å². The number of methoxy groups -OCH3 is 2. The molecule has 0 heterocycles. The lowest BCUT2D eigenvalue weighted by Crippen LogP contribution is -2.23. The predicted molar refractivity (Wildman–Crippen MR) is 85.3 cm³/mol. The number of ether oxygens (including phenoxy) is 2. The van der Waals surface area contributed by atoms with Crippen LogP contribution in [0, 0.1) is 29.5 Å². The molecule has 3 rings (SSSR count).